The molecule has 0 saturated carbocycles. The van der Waals surface area contributed by atoms with Crippen LogP contribution in [0.4, 0.5) is 5.82 Å². The Balaban J connectivity index is 2.41. The van der Waals surface area contributed by atoms with Crippen molar-refractivity contribution in [2.24, 2.45) is 12.8 Å². The predicted octanol–water partition coefficient (Wildman–Crippen LogP) is 0.0158. The van der Waals surface area contributed by atoms with Gasteiger partial charge in [0.25, 0.3) is 0 Å². The number of rotatable bonds is 4. The zero-order valence-electron chi connectivity index (χ0n) is 7.87. The Morgan fingerprint density at radius 1 is 1.77 bits per heavy atom. The first-order valence-corrected chi connectivity index (χ1v) is 4.12. The molecule has 0 aromatic carbocycles. The summed E-state index contributed by atoms with van der Waals surface area (Å²) < 4.78 is 1.77. The molecule has 72 valence electrons. The highest BCUT2D eigenvalue weighted by molar-refractivity contribution is 5.74. The largest absolute Gasteiger partial charge is 0.370 e. The Labute approximate surface area is 76.9 Å². The summed E-state index contributed by atoms with van der Waals surface area (Å²) in [4.78, 5) is 10.4. The molecule has 0 spiro atoms. The molecule has 1 aromatic rings. The SMILES string of the molecule is Cc1cc(NCCC(N)=O)nn1C. The van der Waals surface area contributed by atoms with Crippen molar-refractivity contribution >= 4 is 11.7 Å². The Kier molecular flexibility index (Phi) is 2.89. The third-order valence-electron chi connectivity index (χ3n) is 1.79. The number of nitrogens with two attached hydrogens (primary N) is 1. The first kappa shape index (κ1) is 9.57. The summed E-state index contributed by atoms with van der Waals surface area (Å²) >= 11 is 0. The first-order chi connectivity index (χ1) is 6.09. The average Bonchev–Trinajstić information content (AvgIpc) is 2.30. The van der Waals surface area contributed by atoms with Gasteiger partial charge >= 0.3 is 0 Å². The van der Waals surface area contributed by atoms with Crippen molar-refractivity contribution < 1.29 is 4.79 Å². The maximum atomic E-state index is 10.4. The number of hydrogen-bond acceptors (Lipinski definition) is 3. The topological polar surface area (TPSA) is 72.9 Å². The van der Waals surface area contributed by atoms with Gasteiger partial charge in [-0.1, -0.05) is 0 Å². The van der Waals surface area contributed by atoms with Crippen molar-refractivity contribution in [1.29, 1.82) is 0 Å². The summed E-state index contributed by atoms with van der Waals surface area (Å²) in [6.45, 7) is 2.50. The van der Waals surface area contributed by atoms with Crippen LogP contribution >= 0.6 is 0 Å². The highest BCUT2D eigenvalue weighted by Gasteiger charge is 2.00. The molecular formula is C8H14N4O. The third kappa shape index (κ3) is 2.77. The number of carbonyl (C=O) groups excluding carboxylic acids is 1. The number of nitrogens with zero attached hydrogens (tertiary/aromatic N) is 2. The maximum Gasteiger partial charge on any atom is 0.219 e. The molecule has 0 fully saturated rings. The van der Waals surface area contributed by atoms with Crippen molar-refractivity contribution in [3.63, 3.8) is 0 Å². The Bertz CT molecular complexity index is 286. The number of aryl methyl sites for hydroxylation is 2. The fourth-order valence-corrected chi connectivity index (χ4v) is 0.961. The Hall–Kier alpha value is -1.52. The van der Waals surface area contributed by atoms with Gasteiger partial charge in [0, 0.05) is 31.8 Å². The van der Waals surface area contributed by atoms with E-state index in [1.54, 1.807) is 4.68 Å². The summed E-state index contributed by atoms with van der Waals surface area (Å²) in [7, 11) is 1.87. The smallest absolute Gasteiger partial charge is 0.219 e. The molecule has 0 saturated heterocycles. The minimum atomic E-state index is -0.305. The quantitative estimate of drug-likeness (QED) is 0.689. The van der Waals surface area contributed by atoms with E-state index in [0.29, 0.717) is 13.0 Å². The zero-order chi connectivity index (χ0) is 9.84. The molecule has 3 N–H and O–H groups in total. The monoisotopic (exact) mass is 182 g/mol. The molecule has 13 heavy (non-hydrogen) atoms. The molecule has 1 amide bonds. The van der Waals surface area contributed by atoms with Crippen LogP contribution in [-0.2, 0) is 11.8 Å². The number of carbonyl (C=O) groups is 1. The van der Waals surface area contributed by atoms with Crippen molar-refractivity contribution in [1.82, 2.24) is 9.78 Å². The first-order valence-electron chi connectivity index (χ1n) is 4.12. The van der Waals surface area contributed by atoms with Crippen molar-refractivity contribution in [3.8, 4) is 0 Å². The van der Waals surface area contributed by atoms with Crippen LogP contribution in [0.15, 0.2) is 6.07 Å². The molecule has 0 aliphatic rings. The minimum absolute atomic E-state index is 0.305. The van der Waals surface area contributed by atoms with E-state index in [0.717, 1.165) is 11.5 Å². The van der Waals surface area contributed by atoms with E-state index >= 15 is 0 Å². The van der Waals surface area contributed by atoms with E-state index in [2.05, 4.69) is 10.4 Å². The van der Waals surface area contributed by atoms with Gasteiger partial charge in [-0.25, -0.2) is 0 Å². The number of aromatic nitrogens is 2. The zero-order valence-corrected chi connectivity index (χ0v) is 7.87. The van der Waals surface area contributed by atoms with E-state index in [9.17, 15) is 4.79 Å². The van der Waals surface area contributed by atoms with Crippen LogP contribution in [-0.4, -0.2) is 22.2 Å². The van der Waals surface area contributed by atoms with Crippen molar-refractivity contribution in [3.05, 3.63) is 11.8 Å². The second-order valence-corrected chi connectivity index (χ2v) is 2.94. The van der Waals surface area contributed by atoms with Gasteiger partial charge in [0.1, 0.15) is 5.82 Å². The van der Waals surface area contributed by atoms with E-state index in [4.69, 9.17) is 5.73 Å². The van der Waals surface area contributed by atoms with Gasteiger partial charge in [-0.05, 0) is 6.92 Å². The lowest BCUT2D eigenvalue weighted by Gasteiger charge is -1.98. The summed E-state index contributed by atoms with van der Waals surface area (Å²) in [6, 6.07) is 1.92. The highest BCUT2D eigenvalue weighted by atomic mass is 16.1. The summed E-state index contributed by atoms with van der Waals surface area (Å²) in [5.41, 5.74) is 6.06. The molecule has 1 rings (SSSR count). The van der Waals surface area contributed by atoms with Gasteiger partial charge in [-0.2, -0.15) is 5.10 Å². The molecule has 1 heterocycles. The van der Waals surface area contributed by atoms with Gasteiger partial charge in [-0.3, -0.25) is 9.48 Å². The lowest BCUT2D eigenvalue weighted by Crippen LogP contribution is -2.16. The van der Waals surface area contributed by atoms with Crippen LogP contribution in [0.2, 0.25) is 0 Å². The van der Waals surface area contributed by atoms with Crippen LogP contribution < -0.4 is 11.1 Å². The molecule has 0 atom stereocenters. The number of amides is 1. The lowest BCUT2D eigenvalue weighted by molar-refractivity contribution is -0.117. The molecule has 0 bridgehead atoms. The van der Waals surface area contributed by atoms with Crippen molar-refractivity contribution in [2.45, 2.75) is 13.3 Å². The van der Waals surface area contributed by atoms with Crippen LogP contribution in [0.25, 0.3) is 0 Å². The fraction of sp³-hybridized carbons (Fsp3) is 0.500. The summed E-state index contributed by atoms with van der Waals surface area (Å²) in [5, 5.41) is 7.17. The second-order valence-electron chi connectivity index (χ2n) is 2.94. The lowest BCUT2D eigenvalue weighted by atomic mass is 10.4. The van der Waals surface area contributed by atoms with E-state index in [1.807, 2.05) is 20.0 Å². The van der Waals surface area contributed by atoms with E-state index < -0.39 is 0 Å². The van der Waals surface area contributed by atoms with E-state index in [1.165, 1.54) is 0 Å². The summed E-state index contributed by atoms with van der Waals surface area (Å²) in [6.07, 6.45) is 0.329. The minimum Gasteiger partial charge on any atom is -0.370 e. The average molecular weight is 182 g/mol. The van der Waals surface area contributed by atoms with Crippen LogP contribution in [0.5, 0.6) is 0 Å². The number of primary amides is 1. The number of anilines is 1. The van der Waals surface area contributed by atoms with Gasteiger partial charge in [0.15, 0.2) is 0 Å². The van der Waals surface area contributed by atoms with E-state index in [-0.39, 0.29) is 5.91 Å². The molecule has 0 aliphatic carbocycles. The van der Waals surface area contributed by atoms with Crippen LogP contribution in [0.1, 0.15) is 12.1 Å². The standard InChI is InChI=1S/C8H14N4O/c1-6-5-8(11-12(6)2)10-4-3-7(9)13/h5H,3-4H2,1-2H3,(H2,9,13)(H,10,11). The molecule has 5 heteroatoms. The Morgan fingerprint density at radius 3 is 2.92 bits per heavy atom. The number of nitrogens with one attached hydrogen (secondary N) is 1. The van der Waals surface area contributed by atoms with Crippen molar-refractivity contribution in [2.75, 3.05) is 11.9 Å². The van der Waals surface area contributed by atoms with Crippen LogP contribution in [0, 0.1) is 6.92 Å². The molecule has 0 aliphatic heterocycles. The molecule has 0 unspecified atom stereocenters. The fourth-order valence-electron chi connectivity index (χ4n) is 0.961. The van der Waals surface area contributed by atoms with Crippen LogP contribution in [0.3, 0.4) is 0 Å². The highest BCUT2D eigenvalue weighted by Crippen LogP contribution is 2.05. The Morgan fingerprint density at radius 2 is 2.46 bits per heavy atom. The molecular weight excluding hydrogens is 168 g/mol. The third-order valence-corrected chi connectivity index (χ3v) is 1.79. The predicted molar refractivity (Wildman–Crippen MR) is 50.2 cm³/mol. The molecule has 1 aromatic heterocycles. The normalized spacial score (nSPS) is 10.0. The van der Waals surface area contributed by atoms with Gasteiger partial charge in [0.05, 0.1) is 0 Å². The summed E-state index contributed by atoms with van der Waals surface area (Å²) in [5.74, 6) is 0.474. The molecule has 0 radical (unpaired) electrons. The van der Waals surface area contributed by atoms with Gasteiger partial charge in [-0.15, -0.1) is 0 Å². The van der Waals surface area contributed by atoms with Gasteiger partial charge in [0.2, 0.25) is 5.91 Å². The molecule has 5 nitrogen and oxygen atoms in total. The maximum absolute atomic E-state index is 10.4. The number of hydrogen-bond donors (Lipinski definition) is 2. The second kappa shape index (κ2) is 3.93. The van der Waals surface area contributed by atoms with Gasteiger partial charge < -0.3 is 11.1 Å².